The molecule has 2 fully saturated rings. The third-order valence-electron chi connectivity index (χ3n) is 6.20. The minimum Gasteiger partial charge on any atom is -0.379 e. The first kappa shape index (κ1) is 22.5. The van der Waals surface area contributed by atoms with Crippen molar-refractivity contribution in [1.29, 1.82) is 0 Å². The average Bonchev–Trinajstić information content (AvgIpc) is 2.81. The summed E-state index contributed by atoms with van der Waals surface area (Å²) in [6.45, 7) is 8.01. The molecule has 0 bridgehead atoms. The summed E-state index contributed by atoms with van der Waals surface area (Å²) in [6.07, 6.45) is 2.05. The summed E-state index contributed by atoms with van der Waals surface area (Å²) >= 11 is 3.49. The Kier molecular flexibility index (Phi) is 8.14. The van der Waals surface area contributed by atoms with E-state index in [2.05, 4.69) is 79.6 Å². The minimum absolute atomic E-state index is 0.0739. The molecule has 2 aromatic carbocycles. The van der Waals surface area contributed by atoms with Crippen LogP contribution in [0.2, 0.25) is 0 Å². The van der Waals surface area contributed by atoms with E-state index in [1.807, 2.05) is 0 Å². The van der Waals surface area contributed by atoms with Gasteiger partial charge in [-0.2, -0.15) is 0 Å². The van der Waals surface area contributed by atoms with Gasteiger partial charge in [0.05, 0.1) is 19.1 Å². The van der Waals surface area contributed by atoms with Crippen LogP contribution in [0.25, 0.3) is 0 Å². The number of rotatable bonds is 7. The van der Waals surface area contributed by atoms with E-state index in [1.54, 1.807) is 0 Å². The summed E-state index contributed by atoms with van der Waals surface area (Å²) in [5, 5.41) is 3.16. The van der Waals surface area contributed by atoms with Crippen molar-refractivity contribution < 1.29 is 9.53 Å². The van der Waals surface area contributed by atoms with E-state index in [0.29, 0.717) is 6.54 Å². The topological polar surface area (TPSA) is 44.8 Å². The van der Waals surface area contributed by atoms with Gasteiger partial charge in [0.2, 0.25) is 5.91 Å². The maximum Gasteiger partial charge on any atom is 0.224 e. The molecular formula is C25H32BrN3O2. The van der Waals surface area contributed by atoms with Gasteiger partial charge in [0, 0.05) is 43.7 Å². The maximum atomic E-state index is 12.8. The zero-order valence-corrected chi connectivity index (χ0v) is 19.6. The van der Waals surface area contributed by atoms with Gasteiger partial charge in [-0.3, -0.25) is 14.6 Å². The fourth-order valence-corrected chi connectivity index (χ4v) is 4.64. The number of piperidine rings is 1. The fraction of sp³-hybridized carbons (Fsp3) is 0.480. The van der Waals surface area contributed by atoms with Crippen molar-refractivity contribution in [3.63, 3.8) is 0 Å². The highest BCUT2D eigenvalue weighted by Crippen LogP contribution is 2.20. The van der Waals surface area contributed by atoms with Crippen molar-refractivity contribution in [2.24, 2.45) is 5.92 Å². The highest BCUT2D eigenvalue weighted by atomic mass is 79.9. The first-order valence-electron chi connectivity index (χ1n) is 11.3. The molecule has 166 valence electrons. The molecule has 1 atom stereocenters. The quantitative estimate of drug-likeness (QED) is 0.647. The Morgan fingerprint density at radius 2 is 1.52 bits per heavy atom. The Morgan fingerprint density at radius 1 is 0.903 bits per heavy atom. The zero-order valence-electron chi connectivity index (χ0n) is 18.1. The summed E-state index contributed by atoms with van der Waals surface area (Å²) in [5.74, 6) is 0.252. The number of ether oxygens (including phenoxy) is 1. The second-order valence-electron chi connectivity index (χ2n) is 8.62. The number of hydrogen-bond acceptors (Lipinski definition) is 4. The molecule has 0 aliphatic carbocycles. The third-order valence-corrected chi connectivity index (χ3v) is 6.72. The van der Waals surface area contributed by atoms with Gasteiger partial charge in [-0.1, -0.05) is 52.3 Å². The Bertz CT molecular complexity index is 835. The monoisotopic (exact) mass is 485 g/mol. The van der Waals surface area contributed by atoms with Gasteiger partial charge in [-0.05, 0) is 48.2 Å². The second-order valence-corrected chi connectivity index (χ2v) is 9.54. The lowest BCUT2D eigenvalue weighted by Crippen LogP contribution is -2.42. The van der Waals surface area contributed by atoms with Gasteiger partial charge < -0.3 is 10.1 Å². The standard InChI is InChI=1S/C25H32BrN3O2/c26-24-9-7-22(8-10-24)18-29-11-1-2-23(19-29)25(30)27-16-20-3-5-21(6-4-20)17-28-12-14-31-15-13-28/h3-10,23H,1-2,11-19H2,(H,27,30). The Hall–Kier alpha value is -1.73. The molecule has 1 N–H and O–H groups in total. The van der Waals surface area contributed by atoms with Gasteiger partial charge in [-0.25, -0.2) is 0 Å². The molecule has 2 heterocycles. The molecule has 0 spiro atoms. The molecule has 31 heavy (non-hydrogen) atoms. The van der Waals surface area contributed by atoms with Crippen molar-refractivity contribution >= 4 is 21.8 Å². The lowest BCUT2D eigenvalue weighted by molar-refractivity contribution is -0.126. The molecule has 2 aliphatic rings. The number of hydrogen-bond donors (Lipinski definition) is 1. The number of carbonyl (C=O) groups excluding carboxylic acids is 1. The summed E-state index contributed by atoms with van der Waals surface area (Å²) in [7, 11) is 0. The fourth-order valence-electron chi connectivity index (χ4n) is 4.37. The van der Waals surface area contributed by atoms with Crippen LogP contribution in [0.15, 0.2) is 53.0 Å². The lowest BCUT2D eigenvalue weighted by Gasteiger charge is -2.32. The molecule has 1 unspecified atom stereocenters. The van der Waals surface area contributed by atoms with Crippen LogP contribution in [0.3, 0.4) is 0 Å². The highest BCUT2D eigenvalue weighted by molar-refractivity contribution is 9.10. The van der Waals surface area contributed by atoms with Crippen LogP contribution in [-0.4, -0.2) is 55.1 Å². The summed E-state index contributed by atoms with van der Waals surface area (Å²) in [6, 6.07) is 17.1. The van der Waals surface area contributed by atoms with Gasteiger partial charge in [-0.15, -0.1) is 0 Å². The number of morpholine rings is 1. The van der Waals surface area contributed by atoms with Crippen LogP contribution < -0.4 is 5.32 Å². The third kappa shape index (κ3) is 6.88. The average molecular weight is 486 g/mol. The number of nitrogens with zero attached hydrogens (tertiary/aromatic N) is 2. The molecule has 2 aromatic rings. The largest absolute Gasteiger partial charge is 0.379 e. The van der Waals surface area contributed by atoms with E-state index in [1.165, 1.54) is 11.1 Å². The molecule has 2 aliphatic heterocycles. The summed E-state index contributed by atoms with van der Waals surface area (Å²) in [5.41, 5.74) is 3.76. The predicted molar refractivity (Wildman–Crippen MR) is 127 cm³/mol. The van der Waals surface area contributed by atoms with E-state index < -0.39 is 0 Å². The van der Waals surface area contributed by atoms with Crippen LogP contribution in [0.5, 0.6) is 0 Å². The second kappa shape index (κ2) is 11.2. The first-order chi connectivity index (χ1) is 15.2. The van der Waals surface area contributed by atoms with E-state index in [-0.39, 0.29) is 11.8 Å². The maximum absolute atomic E-state index is 12.8. The Labute approximate surface area is 193 Å². The van der Waals surface area contributed by atoms with Crippen LogP contribution >= 0.6 is 15.9 Å². The molecule has 5 nitrogen and oxygen atoms in total. The first-order valence-corrected chi connectivity index (χ1v) is 12.1. The number of likely N-dealkylation sites (tertiary alicyclic amines) is 1. The molecule has 0 aromatic heterocycles. The van der Waals surface area contributed by atoms with Gasteiger partial charge in [0.25, 0.3) is 0 Å². The molecule has 1 amide bonds. The van der Waals surface area contributed by atoms with Crippen LogP contribution in [0.4, 0.5) is 0 Å². The SMILES string of the molecule is O=C(NCc1ccc(CN2CCOCC2)cc1)C1CCCN(Cc2ccc(Br)cc2)C1. The molecule has 6 heteroatoms. The van der Waals surface area contributed by atoms with Gasteiger partial charge >= 0.3 is 0 Å². The van der Waals surface area contributed by atoms with Gasteiger partial charge in [0.1, 0.15) is 0 Å². The van der Waals surface area contributed by atoms with E-state index in [9.17, 15) is 4.79 Å². The van der Waals surface area contributed by atoms with Crippen molar-refractivity contribution in [3.8, 4) is 0 Å². The predicted octanol–water partition coefficient (Wildman–Crippen LogP) is 3.81. The molecule has 0 radical (unpaired) electrons. The minimum atomic E-state index is 0.0739. The van der Waals surface area contributed by atoms with Crippen LogP contribution in [0, 0.1) is 5.92 Å². The van der Waals surface area contributed by atoms with Crippen molar-refractivity contribution in [1.82, 2.24) is 15.1 Å². The normalized spacial score (nSPS) is 20.5. The molecule has 4 rings (SSSR count). The van der Waals surface area contributed by atoms with E-state index in [0.717, 1.165) is 75.4 Å². The summed E-state index contributed by atoms with van der Waals surface area (Å²) in [4.78, 5) is 17.6. The van der Waals surface area contributed by atoms with Crippen molar-refractivity contribution in [2.45, 2.75) is 32.5 Å². The lowest BCUT2D eigenvalue weighted by atomic mass is 9.96. The summed E-state index contributed by atoms with van der Waals surface area (Å²) < 4.78 is 6.51. The molecular weight excluding hydrogens is 454 g/mol. The number of nitrogens with one attached hydrogen (secondary N) is 1. The van der Waals surface area contributed by atoms with Gasteiger partial charge in [0.15, 0.2) is 0 Å². The zero-order chi connectivity index (χ0) is 21.5. The Balaban J connectivity index is 1.22. The smallest absolute Gasteiger partial charge is 0.224 e. The molecule has 0 saturated carbocycles. The number of carbonyl (C=O) groups is 1. The van der Waals surface area contributed by atoms with Crippen LogP contribution in [-0.2, 0) is 29.2 Å². The Morgan fingerprint density at radius 3 is 2.23 bits per heavy atom. The number of benzene rings is 2. The molecule has 2 saturated heterocycles. The number of amides is 1. The van der Waals surface area contributed by atoms with E-state index >= 15 is 0 Å². The van der Waals surface area contributed by atoms with Crippen LogP contribution in [0.1, 0.15) is 29.5 Å². The van der Waals surface area contributed by atoms with E-state index in [4.69, 9.17) is 4.74 Å². The van der Waals surface area contributed by atoms with Crippen molar-refractivity contribution in [2.75, 3.05) is 39.4 Å². The highest BCUT2D eigenvalue weighted by Gasteiger charge is 2.25. The van der Waals surface area contributed by atoms with Crippen molar-refractivity contribution in [3.05, 3.63) is 69.7 Å². The number of halogens is 1.